The molecule has 0 spiro atoms. The molecule has 1 aliphatic carbocycles. The van der Waals surface area contributed by atoms with Crippen LogP contribution in [-0.2, 0) is 12.8 Å². The van der Waals surface area contributed by atoms with E-state index in [1.54, 1.807) is 12.4 Å². The Hall–Kier alpha value is -2.31. The molecule has 0 unspecified atom stereocenters. The summed E-state index contributed by atoms with van der Waals surface area (Å²) in [4.78, 5) is 24.6. The minimum atomic E-state index is -0.187. The second-order valence-corrected chi connectivity index (χ2v) is 5.07. The summed E-state index contributed by atoms with van der Waals surface area (Å²) in [6, 6.07) is 0. The van der Waals surface area contributed by atoms with Crippen LogP contribution in [0.3, 0.4) is 0 Å². The van der Waals surface area contributed by atoms with Crippen molar-refractivity contribution in [3.8, 4) is 0 Å². The van der Waals surface area contributed by atoms with Gasteiger partial charge in [-0.25, -0.2) is 9.97 Å². The van der Waals surface area contributed by atoms with Crippen LogP contribution in [0.15, 0.2) is 16.9 Å². The van der Waals surface area contributed by atoms with Crippen molar-refractivity contribution in [2.24, 2.45) is 0 Å². The van der Waals surface area contributed by atoms with Gasteiger partial charge < -0.3 is 9.84 Å². The van der Waals surface area contributed by atoms with E-state index in [1.165, 1.54) is 0 Å². The van der Waals surface area contributed by atoms with Gasteiger partial charge in [-0.2, -0.15) is 4.98 Å². The fourth-order valence-corrected chi connectivity index (χ4v) is 1.93. The van der Waals surface area contributed by atoms with E-state index in [2.05, 4.69) is 25.4 Å². The molecular weight excluding hydrogens is 270 g/mol. The summed E-state index contributed by atoms with van der Waals surface area (Å²) >= 11 is 0. The molecule has 21 heavy (non-hydrogen) atoms. The largest absolute Gasteiger partial charge is 0.351 e. The van der Waals surface area contributed by atoms with Crippen LogP contribution in [0.5, 0.6) is 0 Å². The Morgan fingerprint density at radius 1 is 1.38 bits per heavy atom. The van der Waals surface area contributed by atoms with E-state index in [1.807, 2.05) is 6.92 Å². The summed E-state index contributed by atoms with van der Waals surface area (Å²) in [5.41, 5.74) is 0.471. The number of nitrogens with one attached hydrogen (secondary N) is 1. The average molecular weight is 287 g/mol. The molecule has 0 aromatic carbocycles. The van der Waals surface area contributed by atoms with Gasteiger partial charge in [-0.1, -0.05) is 12.1 Å². The lowest BCUT2D eigenvalue weighted by Crippen LogP contribution is -2.26. The van der Waals surface area contributed by atoms with Gasteiger partial charge in [0, 0.05) is 37.7 Å². The summed E-state index contributed by atoms with van der Waals surface area (Å²) in [5.74, 6) is 2.36. The lowest BCUT2D eigenvalue weighted by molar-refractivity contribution is 0.0952. The summed E-state index contributed by atoms with van der Waals surface area (Å²) < 4.78 is 5.05. The van der Waals surface area contributed by atoms with Gasteiger partial charge in [0.25, 0.3) is 5.91 Å². The Morgan fingerprint density at radius 2 is 2.14 bits per heavy atom. The van der Waals surface area contributed by atoms with Crippen LogP contribution in [0, 0.1) is 0 Å². The molecule has 1 amide bonds. The molecule has 7 nitrogen and oxygen atoms in total. The highest BCUT2D eigenvalue weighted by Gasteiger charge is 2.26. The van der Waals surface area contributed by atoms with E-state index in [0.29, 0.717) is 36.2 Å². The molecular formula is C14H17N5O2. The zero-order chi connectivity index (χ0) is 14.7. The van der Waals surface area contributed by atoms with E-state index in [9.17, 15) is 4.79 Å². The summed E-state index contributed by atoms with van der Waals surface area (Å²) in [6.45, 7) is 2.40. The van der Waals surface area contributed by atoms with Crippen molar-refractivity contribution < 1.29 is 9.32 Å². The number of carbonyl (C=O) groups is 1. The third-order valence-electron chi connectivity index (χ3n) is 3.33. The molecule has 1 aliphatic rings. The van der Waals surface area contributed by atoms with Crippen molar-refractivity contribution in [1.82, 2.24) is 25.4 Å². The van der Waals surface area contributed by atoms with Crippen LogP contribution in [-0.4, -0.2) is 32.6 Å². The number of hydrogen-bond donors (Lipinski definition) is 1. The zero-order valence-electron chi connectivity index (χ0n) is 11.9. The highest BCUT2D eigenvalue weighted by molar-refractivity contribution is 5.93. The van der Waals surface area contributed by atoms with Gasteiger partial charge in [-0.3, -0.25) is 4.79 Å². The maximum atomic E-state index is 11.9. The van der Waals surface area contributed by atoms with Crippen LogP contribution in [0.25, 0.3) is 0 Å². The zero-order valence-corrected chi connectivity index (χ0v) is 11.9. The highest BCUT2D eigenvalue weighted by atomic mass is 16.5. The Morgan fingerprint density at radius 3 is 2.76 bits per heavy atom. The lowest BCUT2D eigenvalue weighted by Gasteiger charge is -2.03. The van der Waals surface area contributed by atoms with Gasteiger partial charge in [0.2, 0.25) is 5.89 Å². The molecule has 110 valence electrons. The van der Waals surface area contributed by atoms with Crippen molar-refractivity contribution in [2.75, 3.05) is 6.54 Å². The summed E-state index contributed by atoms with van der Waals surface area (Å²) in [7, 11) is 0. The molecule has 2 heterocycles. The van der Waals surface area contributed by atoms with Crippen molar-refractivity contribution in [2.45, 2.75) is 38.5 Å². The number of carbonyl (C=O) groups excluding carboxylic acids is 1. The van der Waals surface area contributed by atoms with Gasteiger partial charge >= 0.3 is 0 Å². The number of amides is 1. The van der Waals surface area contributed by atoms with Gasteiger partial charge in [-0.05, 0) is 12.8 Å². The number of aryl methyl sites for hydroxylation is 1. The molecule has 0 aliphatic heterocycles. The molecule has 2 aromatic heterocycles. The molecule has 0 bridgehead atoms. The first-order valence-electron chi connectivity index (χ1n) is 7.18. The van der Waals surface area contributed by atoms with Crippen molar-refractivity contribution in [3.05, 3.63) is 35.5 Å². The number of rotatable bonds is 6. The Kier molecular flexibility index (Phi) is 3.89. The fourth-order valence-electron chi connectivity index (χ4n) is 1.93. The van der Waals surface area contributed by atoms with Crippen LogP contribution in [0.4, 0.5) is 0 Å². The molecule has 1 saturated carbocycles. The van der Waals surface area contributed by atoms with E-state index < -0.39 is 0 Å². The molecule has 0 atom stereocenters. The predicted octanol–water partition coefficient (Wildman–Crippen LogP) is 1.27. The second-order valence-electron chi connectivity index (χ2n) is 5.07. The molecule has 1 fully saturated rings. The van der Waals surface area contributed by atoms with E-state index in [-0.39, 0.29) is 5.91 Å². The third kappa shape index (κ3) is 3.42. The van der Waals surface area contributed by atoms with E-state index in [0.717, 1.165) is 25.1 Å². The maximum absolute atomic E-state index is 11.9. The minimum Gasteiger partial charge on any atom is -0.351 e. The maximum Gasteiger partial charge on any atom is 0.254 e. The number of aromatic nitrogens is 4. The Balaban J connectivity index is 1.49. The molecule has 0 radical (unpaired) electrons. The van der Waals surface area contributed by atoms with Crippen molar-refractivity contribution in [3.63, 3.8) is 0 Å². The van der Waals surface area contributed by atoms with Crippen LogP contribution in [0.1, 0.15) is 53.6 Å². The topological polar surface area (TPSA) is 93.8 Å². The molecule has 1 N–H and O–H groups in total. The first kappa shape index (κ1) is 13.7. The number of nitrogens with zero attached hydrogens (tertiary/aromatic N) is 4. The van der Waals surface area contributed by atoms with E-state index in [4.69, 9.17) is 4.52 Å². The summed E-state index contributed by atoms with van der Waals surface area (Å²) in [5, 5.41) is 6.60. The summed E-state index contributed by atoms with van der Waals surface area (Å²) in [6.07, 6.45) is 6.71. The highest BCUT2D eigenvalue weighted by Crippen LogP contribution is 2.37. The molecule has 7 heteroatoms. The molecule has 0 saturated heterocycles. The lowest BCUT2D eigenvalue weighted by atomic mass is 10.3. The van der Waals surface area contributed by atoms with Crippen LogP contribution in [0.2, 0.25) is 0 Å². The fraction of sp³-hybridized carbons (Fsp3) is 0.500. The van der Waals surface area contributed by atoms with Gasteiger partial charge in [0.15, 0.2) is 5.82 Å². The van der Waals surface area contributed by atoms with Crippen LogP contribution < -0.4 is 5.32 Å². The van der Waals surface area contributed by atoms with Gasteiger partial charge in [0.05, 0.1) is 5.56 Å². The Labute approximate surface area is 122 Å². The van der Waals surface area contributed by atoms with Gasteiger partial charge in [0.1, 0.15) is 5.82 Å². The average Bonchev–Trinajstić information content (AvgIpc) is 3.27. The SMILES string of the molecule is CCc1noc(CCNC(=O)c2cnc(C3CC3)nc2)n1. The number of hydrogen-bond acceptors (Lipinski definition) is 6. The quantitative estimate of drug-likeness (QED) is 0.860. The monoisotopic (exact) mass is 287 g/mol. The standard InChI is InChI=1S/C14H17N5O2/c1-2-11-18-12(21-19-11)5-6-15-14(20)10-7-16-13(17-8-10)9-3-4-9/h7-9H,2-6H2,1H3,(H,15,20). The molecule has 3 rings (SSSR count). The normalized spacial score (nSPS) is 14.1. The molecule has 2 aromatic rings. The van der Waals surface area contributed by atoms with Crippen molar-refractivity contribution in [1.29, 1.82) is 0 Å². The first-order valence-corrected chi connectivity index (χ1v) is 7.18. The minimum absolute atomic E-state index is 0.187. The van der Waals surface area contributed by atoms with Gasteiger partial charge in [-0.15, -0.1) is 0 Å². The smallest absolute Gasteiger partial charge is 0.254 e. The van der Waals surface area contributed by atoms with Crippen LogP contribution >= 0.6 is 0 Å². The van der Waals surface area contributed by atoms with Crippen molar-refractivity contribution >= 4 is 5.91 Å². The first-order chi connectivity index (χ1) is 10.3. The van der Waals surface area contributed by atoms with E-state index >= 15 is 0 Å². The third-order valence-corrected chi connectivity index (χ3v) is 3.33. The predicted molar refractivity (Wildman–Crippen MR) is 73.7 cm³/mol. The second kappa shape index (κ2) is 5.99. The Bertz CT molecular complexity index is 619.